The average molecular weight is 389 g/mol. The van der Waals surface area contributed by atoms with Crippen LogP contribution >= 0.6 is 11.5 Å². The van der Waals surface area contributed by atoms with Crippen LogP contribution in [0.2, 0.25) is 0 Å². The van der Waals surface area contributed by atoms with Gasteiger partial charge in [-0.3, -0.25) is 0 Å². The van der Waals surface area contributed by atoms with Crippen molar-refractivity contribution in [2.24, 2.45) is 4.99 Å². The molecular formula is C22H19N3O2S. The van der Waals surface area contributed by atoms with Gasteiger partial charge in [-0.25, -0.2) is 8.95 Å². The fraction of sp³-hybridized carbons (Fsp3) is 0.0909. The molecule has 0 aliphatic rings. The summed E-state index contributed by atoms with van der Waals surface area (Å²) in [5.41, 5.74) is 2.65. The van der Waals surface area contributed by atoms with Gasteiger partial charge in [0.25, 0.3) is 0 Å². The van der Waals surface area contributed by atoms with Gasteiger partial charge in [-0.05, 0) is 47.9 Å². The minimum atomic E-state index is 0.651. The van der Waals surface area contributed by atoms with E-state index in [1.54, 1.807) is 14.2 Å². The Morgan fingerprint density at radius 2 is 1.43 bits per heavy atom. The Balaban J connectivity index is 1.97. The molecular weight excluding hydrogens is 370 g/mol. The molecule has 0 fully saturated rings. The lowest BCUT2D eigenvalue weighted by molar-refractivity contribution is 0.413. The van der Waals surface area contributed by atoms with E-state index in [4.69, 9.17) is 14.5 Å². The Kier molecular flexibility index (Phi) is 5.21. The maximum Gasteiger partial charge on any atom is 0.228 e. The Hall–Kier alpha value is -3.38. The van der Waals surface area contributed by atoms with Crippen LogP contribution in [-0.4, -0.2) is 23.2 Å². The number of nitrogens with zero attached hydrogens (tertiary/aromatic N) is 3. The van der Waals surface area contributed by atoms with E-state index >= 15 is 0 Å². The second-order valence-electron chi connectivity index (χ2n) is 5.92. The summed E-state index contributed by atoms with van der Waals surface area (Å²) in [7, 11) is 3.33. The topological polar surface area (TPSA) is 48.6 Å². The molecule has 1 aromatic heterocycles. The lowest BCUT2D eigenvalue weighted by Crippen LogP contribution is -1.99. The van der Waals surface area contributed by atoms with Gasteiger partial charge in [0.15, 0.2) is 5.82 Å². The number of para-hydroxylation sites is 4. The number of benzene rings is 3. The number of hydrogen-bond donors (Lipinski definition) is 0. The lowest BCUT2D eigenvalue weighted by atomic mass is 10.2. The van der Waals surface area contributed by atoms with Crippen LogP contribution in [0.25, 0.3) is 17.1 Å². The normalized spacial score (nSPS) is 11.4. The van der Waals surface area contributed by atoms with Gasteiger partial charge in [0, 0.05) is 0 Å². The number of hydrogen-bond acceptors (Lipinski definition) is 5. The summed E-state index contributed by atoms with van der Waals surface area (Å²) in [5, 5.41) is 0. The minimum Gasteiger partial charge on any atom is -0.496 e. The molecule has 0 N–H and O–H groups in total. The highest BCUT2D eigenvalue weighted by Gasteiger charge is 2.17. The van der Waals surface area contributed by atoms with Gasteiger partial charge in [0.2, 0.25) is 4.80 Å². The predicted octanol–water partition coefficient (Wildman–Crippen LogP) is 4.85. The Labute approximate surface area is 167 Å². The van der Waals surface area contributed by atoms with E-state index in [2.05, 4.69) is 4.99 Å². The Bertz CT molecular complexity index is 1080. The van der Waals surface area contributed by atoms with Gasteiger partial charge in [-0.1, -0.05) is 42.5 Å². The van der Waals surface area contributed by atoms with Crippen LogP contribution in [0.15, 0.2) is 83.9 Å². The zero-order valence-corrected chi connectivity index (χ0v) is 16.4. The van der Waals surface area contributed by atoms with E-state index in [9.17, 15) is 0 Å². The third kappa shape index (κ3) is 3.54. The van der Waals surface area contributed by atoms with E-state index < -0.39 is 0 Å². The molecule has 28 heavy (non-hydrogen) atoms. The van der Waals surface area contributed by atoms with Crippen molar-refractivity contribution in [3.8, 4) is 28.6 Å². The molecule has 140 valence electrons. The van der Waals surface area contributed by atoms with Crippen molar-refractivity contribution in [3.05, 3.63) is 83.7 Å². The van der Waals surface area contributed by atoms with Crippen molar-refractivity contribution < 1.29 is 9.47 Å². The second kappa shape index (κ2) is 8.10. The molecule has 0 atom stereocenters. The van der Waals surface area contributed by atoms with Crippen LogP contribution in [0.5, 0.6) is 11.5 Å². The largest absolute Gasteiger partial charge is 0.496 e. The monoisotopic (exact) mass is 389 g/mol. The smallest absolute Gasteiger partial charge is 0.228 e. The fourth-order valence-corrected chi connectivity index (χ4v) is 3.81. The first-order valence-electron chi connectivity index (χ1n) is 8.77. The van der Waals surface area contributed by atoms with Crippen molar-refractivity contribution in [3.63, 3.8) is 0 Å². The summed E-state index contributed by atoms with van der Waals surface area (Å²) in [6.07, 6.45) is 0. The molecule has 0 saturated carbocycles. The molecule has 0 unspecified atom stereocenters. The van der Waals surface area contributed by atoms with Gasteiger partial charge in [0.1, 0.15) is 17.2 Å². The van der Waals surface area contributed by atoms with E-state index in [1.165, 1.54) is 11.5 Å². The molecule has 0 bridgehead atoms. The summed E-state index contributed by atoms with van der Waals surface area (Å²) in [4.78, 5) is 10.2. The first-order chi connectivity index (χ1) is 13.8. The molecule has 4 rings (SSSR count). The Morgan fingerprint density at radius 1 is 0.786 bits per heavy atom. The maximum absolute atomic E-state index is 5.57. The van der Waals surface area contributed by atoms with Gasteiger partial charge >= 0.3 is 0 Å². The van der Waals surface area contributed by atoms with Crippen LogP contribution in [0, 0.1) is 0 Å². The molecule has 4 aromatic rings. The van der Waals surface area contributed by atoms with Crippen LogP contribution in [-0.2, 0) is 0 Å². The summed E-state index contributed by atoms with van der Waals surface area (Å²) in [5.74, 6) is 2.27. The zero-order chi connectivity index (χ0) is 19.3. The Morgan fingerprint density at radius 3 is 2.18 bits per heavy atom. The van der Waals surface area contributed by atoms with E-state index in [0.717, 1.165) is 34.3 Å². The number of rotatable bonds is 5. The highest BCUT2D eigenvalue weighted by atomic mass is 32.1. The first kappa shape index (κ1) is 18.0. The van der Waals surface area contributed by atoms with Gasteiger partial charge < -0.3 is 9.47 Å². The molecule has 6 heteroatoms. The van der Waals surface area contributed by atoms with Crippen LogP contribution in [0.1, 0.15) is 0 Å². The molecule has 1 heterocycles. The first-order valence-corrected chi connectivity index (χ1v) is 9.54. The quantitative estimate of drug-likeness (QED) is 0.490. The van der Waals surface area contributed by atoms with Gasteiger partial charge in [-0.15, -0.1) is 0 Å². The van der Waals surface area contributed by atoms with Crippen molar-refractivity contribution in [1.82, 2.24) is 8.94 Å². The number of methoxy groups -OCH3 is 2. The third-order valence-electron chi connectivity index (χ3n) is 4.20. The van der Waals surface area contributed by atoms with Crippen molar-refractivity contribution in [1.29, 1.82) is 0 Å². The molecule has 0 radical (unpaired) electrons. The van der Waals surface area contributed by atoms with Crippen molar-refractivity contribution >= 4 is 17.2 Å². The fourth-order valence-electron chi connectivity index (χ4n) is 2.90. The molecule has 0 spiro atoms. The van der Waals surface area contributed by atoms with Crippen LogP contribution in [0.3, 0.4) is 0 Å². The predicted molar refractivity (Wildman–Crippen MR) is 112 cm³/mol. The summed E-state index contributed by atoms with van der Waals surface area (Å²) >= 11 is 1.45. The van der Waals surface area contributed by atoms with E-state index in [-0.39, 0.29) is 0 Å². The molecule has 3 aromatic carbocycles. The van der Waals surface area contributed by atoms with E-state index in [1.807, 2.05) is 82.8 Å². The summed E-state index contributed by atoms with van der Waals surface area (Å²) < 4.78 is 13.2. The highest BCUT2D eigenvalue weighted by Crippen LogP contribution is 2.33. The molecule has 0 saturated heterocycles. The van der Waals surface area contributed by atoms with Gasteiger partial charge in [-0.2, -0.15) is 4.98 Å². The van der Waals surface area contributed by atoms with Crippen LogP contribution in [0.4, 0.5) is 5.69 Å². The van der Waals surface area contributed by atoms with Crippen LogP contribution < -0.4 is 14.3 Å². The molecule has 5 nitrogen and oxygen atoms in total. The average Bonchev–Trinajstić information content (AvgIpc) is 3.17. The summed E-state index contributed by atoms with van der Waals surface area (Å²) in [6.45, 7) is 0. The SMILES string of the molecule is COc1ccccc1-c1n/c(=N\c2ccccc2)sn1-c1ccccc1OC. The minimum absolute atomic E-state index is 0.651. The van der Waals surface area contributed by atoms with E-state index in [0.29, 0.717) is 4.80 Å². The van der Waals surface area contributed by atoms with Gasteiger partial charge in [0.05, 0.1) is 25.5 Å². The standard InChI is InChI=1S/C22H19N3O2S/c1-26-19-14-8-6-12-17(19)21-24-22(23-16-10-4-3-5-11-16)28-25(21)18-13-7-9-15-20(18)27-2/h3-15H,1-2H3/b23-22+. The number of aromatic nitrogens is 2. The number of ether oxygens (including phenoxy) is 2. The van der Waals surface area contributed by atoms with Crippen molar-refractivity contribution in [2.45, 2.75) is 0 Å². The molecule has 0 amide bonds. The summed E-state index contributed by atoms with van der Waals surface area (Å²) in [6, 6.07) is 25.5. The lowest BCUT2D eigenvalue weighted by Gasteiger charge is -2.12. The second-order valence-corrected chi connectivity index (χ2v) is 6.84. The molecule has 0 aliphatic carbocycles. The molecule has 0 aliphatic heterocycles. The highest BCUT2D eigenvalue weighted by molar-refractivity contribution is 7.04. The third-order valence-corrected chi connectivity index (χ3v) is 5.10. The maximum atomic E-state index is 5.57. The zero-order valence-electron chi connectivity index (χ0n) is 15.6. The van der Waals surface area contributed by atoms with Crippen molar-refractivity contribution in [2.75, 3.05) is 14.2 Å².